The van der Waals surface area contributed by atoms with Crippen LogP contribution in [0.25, 0.3) is 0 Å². The van der Waals surface area contributed by atoms with Crippen molar-refractivity contribution in [1.29, 1.82) is 0 Å². The fraction of sp³-hybridized carbons (Fsp3) is 0.789. The molecule has 1 amide bonds. The molecule has 4 heterocycles. The summed E-state index contributed by atoms with van der Waals surface area (Å²) in [7, 11) is 0. The molecule has 2 fully saturated rings. The minimum absolute atomic E-state index is 0.0286. The number of piperazine rings is 1. The van der Waals surface area contributed by atoms with Gasteiger partial charge < -0.3 is 14.4 Å². The maximum absolute atomic E-state index is 13.0. The second-order valence-corrected chi connectivity index (χ2v) is 7.91. The van der Waals surface area contributed by atoms with E-state index in [1.807, 2.05) is 11.8 Å². The van der Waals surface area contributed by atoms with Crippen molar-refractivity contribution in [3.05, 3.63) is 17.0 Å². The molecule has 4 rings (SSSR count). The number of ether oxygens (including phenoxy) is 2. The average Bonchev–Trinajstić information content (AvgIpc) is 3.07. The monoisotopic (exact) mass is 362 g/mol. The van der Waals surface area contributed by atoms with Crippen molar-refractivity contribution in [2.45, 2.75) is 45.3 Å². The van der Waals surface area contributed by atoms with Gasteiger partial charge >= 0.3 is 0 Å². The normalized spacial score (nSPS) is 28.2. The number of carbonyl (C=O) groups excluding carboxylic acids is 1. The van der Waals surface area contributed by atoms with Gasteiger partial charge in [0.05, 0.1) is 17.9 Å². The van der Waals surface area contributed by atoms with E-state index in [9.17, 15) is 4.79 Å². The van der Waals surface area contributed by atoms with Gasteiger partial charge in [-0.05, 0) is 32.6 Å². The lowest BCUT2D eigenvalue weighted by Gasteiger charge is -2.37. The summed E-state index contributed by atoms with van der Waals surface area (Å²) in [5.41, 5.74) is 2.61. The van der Waals surface area contributed by atoms with Gasteiger partial charge in [-0.15, -0.1) is 0 Å². The Labute approximate surface area is 155 Å². The zero-order chi connectivity index (χ0) is 18.1. The molecule has 0 spiro atoms. The molecule has 7 nitrogen and oxygen atoms in total. The van der Waals surface area contributed by atoms with Gasteiger partial charge in [-0.25, -0.2) is 0 Å². The number of nitrogens with one attached hydrogen (secondary N) is 1. The summed E-state index contributed by atoms with van der Waals surface area (Å²) in [5.74, 6) is 0.807. The summed E-state index contributed by atoms with van der Waals surface area (Å²) in [6.07, 6.45) is 3.17. The van der Waals surface area contributed by atoms with Gasteiger partial charge in [-0.2, -0.15) is 5.10 Å². The largest absolute Gasteiger partial charge is 0.381 e. The van der Waals surface area contributed by atoms with Gasteiger partial charge in [0.25, 0.3) is 5.91 Å². The number of aromatic amines is 1. The Bertz CT molecular complexity index is 633. The SMILES string of the molecule is C[C@@H]1Cc2c(C(=O)N3CCN(CC4CCOCC4)CC3)n[nH]c2[C@H](C)O1. The number of hydrogen-bond donors (Lipinski definition) is 1. The molecule has 3 aliphatic heterocycles. The molecule has 1 N–H and O–H groups in total. The first-order chi connectivity index (χ1) is 12.6. The molecule has 2 saturated heterocycles. The van der Waals surface area contributed by atoms with E-state index in [0.717, 1.165) is 82.4 Å². The molecule has 1 aromatic heterocycles. The number of carbonyl (C=O) groups is 1. The van der Waals surface area contributed by atoms with Crippen molar-refractivity contribution >= 4 is 5.91 Å². The molecule has 1 aromatic rings. The van der Waals surface area contributed by atoms with Crippen LogP contribution in [0.2, 0.25) is 0 Å². The van der Waals surface area contributed by atoms with Gasteiger partial charge in [0.15, 0.2) is 5.69 Å². The van der Waals surface area contributed by atoms with Crippen molar-refractivity contribution in [3.63, 3.8) is 0 Å². The number of hydrogen-bond acceptors (Lipinski definition) is 5. The fourth-order valence-electron chi connectivity index (χ4n) is 4.43. The molecule has 0 unspecified atom stereocenters. The fourth-order valence-corrected chi connectivity index (χ4v) is 4.43. The second kappa shape index (κ2) is 7.66. The molecule has 2 atom stereocenters. The summed E-state index contributed by atoms with van der Waals surface area (Å²) >= 11 is 0. The van der Waals surface area contributed by atoms with E-state index in [2.05, 4.69) is 22.0 Å². The Balaban J connectivity index is 1.35. The van der Waals surface area contributed by atoms with Crippen LogP contribution in [-0.2, 0) is 15.9 Å². The lowest BCUT2D eigenvalue weighted by molar-refractivity contribution is -0.00704. The minimum Gasteiger partial charge on any atom is -0.381 e. The Morgan fingerprint density at radius 3 is 2.65 bits per heavy atom. The highest BCUT2D eigenvalue weighted by atomic mass is 16.5. The Morgan fingerprint density at radius 1 is 1.19 bits per heavy atom. The number of aromatic nitrogens is 2. The van der Waals surface area contributed by atoms with Gasteiger partial charge in [0.1, 0.15) is 0 Å². The number of amides is 1. The zero-order valence-electron chi connectivity index (χ0n) is 15.9. The molecule has 7 heteroatoms. The minimum atomic E-state index is -0.0286. The van der Waals surface area contributed by atoms with Crippen molar-refractivity contribution in [1.82, 2.24) is 20.0 Å². The highest BCUT2D eigenvalue weighted by Gasteiger charge is 2.32. The Hall–Kier alpha value is -1.44. The zero-order valence-corrected chi connectivity index (χ0v) is 15.9. The van der Waals surface area contributed by atoms with E-state index in [4.69, 9.17) is 9.47 Å². The lowest BCUT2D eigenvalue weighted by atomic mass is 9.98. The van der Waals surface area contributed by atoms with Crippen LogP contribution in [0.3, 0.4) is 0 Å². The second-order valence-electron chi connectivity index (χ2n) is 7.91. The Morgan fingerprint density at radius 2 is 1.92 bits per heavy atom. The summed E-state index contributed by atoms with van der Waals surface area (Å²) in [5, 5.41) is 7.38. The number of nitrogens with zero attached hydrogens (tertiary/aromatic N) is 3. The third kappa shape index (κ3) is 3.66. The third-order valence-corrected chi connectivity index (χ3v) is 5.95. The van der Waals surface area contributed by atoms with Crippen LogP contribution in [0, 0.1) is 5.92 Å². The first-order valence-corrected chi connectivity index (χ1v) is 9.93. The average molecular weight is 362 g/mol. The first kappa shape index (κ1) is 17.9. The number of rotatable bonds is 3. The van der Waals surface area contributed by atoms with E-state index in [-0.39, 0.29) is 18.1 Å². The highest BCUT2D eigenvalue weighted by molar-refractivity contribution is 5.94. The maximum Gasteiger partial charge on any atom is 0.274 e. The van der Waals surface area contributed by atoms with Crippen molar-refractivity contribution in [3.8, 4) is 0 Å². The standard InChI is InChI=1S/C19H30N4O3/c1-13-11-16-17(14(2)26-13)20-21-18(16)19(24)23-7-5-22(6-8-23)12-15-3-9-25-10-4-15/h13-15H,3-12H2,1-2H3,(H,20,21)/t13-,14+/m1/s1. The quantitative estimate of drug-likeness (QED) is 0.885. The third-order valence-electron chi connectivity index (χ3n) is 5.95. The van der Waals surface area contributed by atoms with Crippen molar-refractivity contribution in [2.75, 3.05) is 45.9 Å². The van der Waals surface area contributed by atoms with Crippen LogP contribution in [0.4, 0.5) is 0 Å². The van der Waals surface area contributed by atoms with Gasteiger partial charge in [-0.1, -0.05) is 0 Å². The molecule has 0 aliphatic carbocycles. The van der Waals surface area contributed by atoms with Crippen LogP contribution in [-0.4, -0.2) is 77.9 Å². The predicted octanol–water partition coefficient (Wildman–Crippen LogP) is 1.62. The van der Waals surface area contributed by atoms with Crippen LogP contribution in [0.15, 0.2) is 0 Å². The molecule has 3 aliphatic rings. The maximum atomic E-state index is 13.0. The molecule has 0 saturated carbocycles. The molecule has 26 heavy (non-hydrogen) atoms. The highest BCUT2D eigenvalue weighted by Crippen LogP contribution is 2.30. The summed E-state index contributed by atoms with van der Waals surface area (Å²) in [6, 6.07) is 0. The molecule has 0 radical (unpaired) electrons. The van der Waals surface area contributed by atoms with Crippen LogP contribution in [0.5, 0.6) is 0 Å². The molecule has 0 aromatic carbocycles. The van der Waals surface area contributed by atoms with Crippen molar-refractivity contribution in [2.24, 2.45) is 5.92 Å². The van der Waals surface area contributed by atoms with E-state index in [0.29, 0.717) is 5.69 Å². The van der Waals surface area contributed by atoms with Crippen LogP contribution in [0.1, 0.15) is 54.5 Å². The smallest absolute Gasteiger partial charge is 0.274 e. The summed E-state index contributed by atoms with van der Waals surface area (Å²) in [6.45, 7) is 10.5. The molecule has 0 bridgehead atoms. The van der Waals surface area contributed by atoms with Gasteiger partial charge in [-0.3, -0.25) is 14.8 Å². The topological polar surface area (TPSA) is 70.7 Å². The molecule has 144 valence electrons. The lowest BCUT2D eigenvalue weighted by Crippen LogP contribution is -2.50. The van der Waals surface area contributed by atoms with E-state index >= 15 is 0 Å². The van der Waals surface area contributed by atoms with Crippen LogP contribution < -0.4 is 0 Å². The molecular formula is C19H30N4O3. The number of fused-ring (bicyclic) bond motifs is 1. The van der Waals surface area contributed by atoms with E-state index in [1.165, 1.54) is 0 Å². The predicted molar refractivity (Wildman–Crippen MR) is 97.1 cm³/mol. The Kier molecular flexibility index (Phi) is 5.29. The van der Waals surface area contributed by atoms with E-state index in [1.54, 1.807) is 0 Å². The number of H-pyrrole nitrogens is 1. The first-order valence-electron chi connectivity index (χ1n) is 9.93. The molecular weight excluding hydrogens is 332 g/mol. The van der Waals surface area contributed by atoms with Gasteiger partial charge in [0, 0.05) is 57.9 Å². The van der Waals surface area contributed by atoms with Crippen molar-refractivity contribution < 1.29 is 14.3 Å². The van der Waals surface area contributed by atoms with Crippen LogP contribution >= 0.6 is 0 Å². The van der Waals surface area contributed by atoms with Gasteiger partial charge in [0.2, 0.25) is 0 Å². The summed E-state index contributed by atoms with van der Waals surface area (Å²) in [4.78, 5) is 17.5. The van der Waals surface area contributed by atoms with E-state index < -0.39 is 0 Å². The summed E-state index contributed by atoms with van der Waals surface area (Å²) < 4.78 is 11.3.